The molecule has 3 rings (SSSR count). The lowest BCUT2D eigenvalue weighted by Gasteiger charge is -2.33. The van der Waals surface area contributed by atoms with Gasteiger partial charge in [-0.2, -0.15) is 5.10 Å². The van der Waals surface area contributed by atoms with Crippen molar-refractivity contribution in [2.75, 3.05) is 13.2 Å². The number of nitrogens with zero attached hydrogens (tertiary/aromatic N) is 3. The number of hydrogen-bond donors (Lipinski definition) is 1. The lowest BCUT2D eigenvalue weighted by molar-refractivity contribution is 0.0157. The SMILES string of the molecule is CCc1nn(C)c2c1[nH]c(=S)n2CC1(C)CCOCC1. The van der Waals surface area contributed by atoms with Gasteiger partial charge in [0.05, 0.1) is 5.69 Å². The molecular weight excluding hydrogens is 272 g/mol. The van der Waals surface area contributed by atoms with Crippen molar-refractivity contribution >= 4 is 23.4 Å². The third kappa shape index (κ3) is 2.20. The molecule has 0 saturated carbocycles. The molecule has 2 aromatic heterocycles. The molecule has 0 radical (unpaired) electrons. The summed E-state index contributed by atoms with van der Waals surface area (Å²) < 4.78 is 10.4. The summed E-state index contributed by atoms with van der Waals surface area (Å²) in [6, 6.07) is 0. The summed E-state index contributed by atoms with van der Waals surface area (Å²) in [4.78, 5) is 3.34. The molecule has 2 aromatic rings. The van der Waals surface area contributed by atoms with Gasteiger partial charge in [0, 0.05) is 26.8 Å². The minimum Gasteiger partial charge on any atom is -0.381 e. The summed E-state index contributed by atoms with van der Waals surface area (Å²) in [5.41, 5.74) is 3.54. The summed E-state index contributed by atoms with van der Waals surface area (Å²) in [6.45, 7) is 7.08. The zero-order valence-electron chi connectivity index (χ0n) is 12.4. The molecule has 20 heavy (non-hydrogen) atoms. The lowest BCUT2D eigenvalue weighted by Crippen LogP contribution is -2.31. The predicted octanol–water partition coefficient (Wildman–Crippen LogP) is 2.81. The van der Waals surface area contributed by atoms with Crippen molar-refractivity contribution < 1.29 is 4.74 Å². The second-order valence-electron chi connectivity index (χ2n) is 6.06. The van der Waals surface area contributed by atoms with Crippen molar-refractivity contribution in [3.8, 4) is 0 Å². The van der Waals surface area contributed by atoms with Crippen LogP contribution in [0.5, 0.6) is 0 Å². The Morgan fingerprint density at radius 3 is 2.75 bits per heavy atom. The van der Waals surface area contributed by atoms with Crippen molar-refractivity contribution in [3.05, 3.63) is 10.5 Å². The van der Waals surface area contributed by atoms with Crippen molar-refractivity contribution in [3.63, 3.8) is 0 Å². The van der Waals surface area contributed by atoms with E-state index in [0.717, 1.165) is 60.6 Å². The number of aryl methyl sites for hydroxylation is 2. The van der Waals surface area contributed by atoms with Crippen LogP contribution in [0.2, 0.25) is 0 Å². The van der Waals surface area contributed by atoms with Gasteiger partial charge in [-0.05, 0) is 36.9 Å². The lowest BCUT2D eigenvalue weighted by atomic mass is 9.82. The Kier molecular flexibility index (Phi) is 3.46. The number of aromatic nitrogens is 4. The third-order valence-corrected chi connectivity index (χ3v) is 4.72. The van der Waals surface area contributed by atoms with E-state index >= 15 is 0 Å². The van der Waals surface area contributed by atoms with Gasteiger partial charge >= 0.3 is 0 Å². The zero-order valence-corrected chi connectivity index (χ0v) is 13.2. The first-order valence-corrected chi connectivity index (χ1v) is 7.67. The topological polar surface area (TPSA) is 47.8 Å². The molecule has 3 heterocycles. The first-order valence-electron chi connectivity index (χ1n) is 7.26. The molecule has 1 aliphatic rings. The molecule has 6 heteroatoms. The van der Waals surface area contributed by atoms with E-state index in [1.165, 1.54) is 0 Å². The van der Waals surface area contributed by atoms with Crippen LogP contribution in [0.25, 0.3) is 11.2 Å². The Morgan fingerprint density at radius 1 is 1.40 bits per heavy atom. The fraction of sp³-hybridized carbons (Fsp3) is 0.714. The fourth-order valence-corrected chi connectivity index (χ4v) is 3.33. The largest absolute Gasteiger partial charge is 0.381 e. The summed E-state index contributed by atoms with van der Waals surface area (Å²) in [6.07, 6.45) is 3.08. The second-order valence-corrected chi connectivity index (χ2v) is 6.45. The number of H-pyrrole nitrogens is 1. The summed E-state index contributed by atoms with van der Waals surface area (Å²) in [5, 5.41) is 4.58. The van der Waals surface area contributed by atoms with Gasteiger partial charge < -0.3 is 14.3 Å². The number of hydrogen-bond acceptors (Lipinski definition) is 3. The van der Waals surface area contributed by atoms with Crippen LogP contribution in [0.4, 0.5) is 0 Å². The van der Waals surface area contributed by atoms with Crippen LogP contribution in [0, 0.1) is 10.2 Å². The van der Waals surface area contributed by atoms with Crippen LogP contribution >= 0.6 is 12.2 Å². The summed E-state index contributed by atoms with van der Waals surface area (Å²) in [5.74, 6) is 0. The molecule has 5 nitrogen and oxygen atoms in total. The zero-order chi connectivity index (χ0) is 14.3. The number of nitrogens with one attached hydrogen (secondary N) is 1. The Balaban J connectivity index is 2.05. The number of fused-ring (bicyclic) bond motifs is 1. The Bertz CT molecular complexity index is 675. The molecule has 0 atom stereocenters. The molecule has 0 aliphatic carbocycles. The van der Waals surface area contributed by atoms with Gasteiger partial charge in [0.2, 0.25) is 0 Å². The van der Waals surface area contributed by atoms with E-state index in [1.54, 1.807) is 0 Å². The first kappa shape index (κ1) is 13.8. The quantitative estimate of drug-likeness (QED) is 0.886. The molecular formula is C14H22N4OS. The average molecular weight is 294 g/mol. The van der Waals surface area contributed by atoms with Crippen LogP contribution < -0.4 is 0 Å². The van der Waals surface area contributed by atoms with E-state index in [1.807, 2.05) is 11.7 Å². The molecule has 110 valence electrons. The van der Waals surface area contributed by atoms with Crippen molar-refractivity contribution in [2.45, 2.75) is 39.7 Å². The van der Waals surface area contributed by atoms with Crippen molar-refractivity contribution in [1.29, 1.82) is 0 Å². The fourth-order valence-electron chi connectivity index (χ4n) is 3.08. The van der Waals surface area contributed by atoms with Gasteiger partial charge in [0.15, 0.2) is 10.4 Å². The van der Waals surface area contributed by atoms with E-state index in [9.17, 15) is 0 Å². The molecule has 1 saturated heterocycles. The van der Waals surface area contributed by atoms with E-state index < -0.39 is 0 Å². The van der Waals surface area contributed by atoms with Gasteiger partial charge in [-0.15, -0.1) is 0 Å². The predicted molar refractivity (Wildman–Crippen MR) is 81.4 cm³/mol. The van der Waals surface area contributed by atoms with Gasteiger partial charge in [0.1, 0.15) is 5.52 Å². The maximum Gasteiger partial charge on any atom is 0.179 e. The number of rotatable bonds is 3. The third-order valence-electron chi connectivity index (χ3n) is 4.40. The van der Waals surface area contributed by atoms with Gasteiger partial charge in [0.25, 0.3) is 0 Å². The van der Waals surface area contributed by atoms with Gasteiger partial charge in [-0.25, -0.2) is 0 Å². The van der Waals surface area contributed by atoms with E-state index in [2.05, 4.69) is 28.5 Å². The monoisotopic (exact) mass is 294 g/mol. The van der Waals surface area contributed by atoms with E-state index in [4.69, 9.17) is 17.0 Å². The molecule has 1 aliphatic heterocycles. The van der Waals surface area contributed by atoms with Crippen LogP contribution in [0.3, 0.4) is 0 Å². The average Bonchev–Trinajstić information content (AvgIpc) is 2.89. The Hall–Kier alpha value is -1.14. The smallest absolute Gasteiger partial charge is 0.179 e. The van der Waals surface area contributed by atoms with Crippen LogP contribution in [-0.4, -0.2) is 32.5 Å². The number of ether oxygens (including phenoxy) is 1. The Labute approximate surface area is 123 Å². The van der Waals surface area contributed by atoms with Gasteiger partial charge in [-0.1, -0.05) is 13.8 Å². The Morgan fingerprint density at radius 2 is 2.10 bits per heavy atom. The van der Waals surface area contributed by atoms with E-state index in [-0.39, 0.29) is 5.41 Å². The highest BCUT2D eigenvalue weighted by Crippen LogP contribution is 2.33. The maximum atomic E-state index is 5.53. The highest BCUT2D eigenvalue weighted by atomic mass is 32.1. The minimum absolute atomic E-state index is 0.252. The van der Waals surface area contributed by atoms with Gasteiger partial charge in [-0.3, -0.25) is 4.68 Å². The molecule has 0 bridgehead atoms. The molecule has 0 amide bonds. The highest BCUT2D eigenvalue weighted by molar-refractivity contribution is 7.71. The number of aromatic amines is 1. The van der Waals surface area contributed by atoms with Crippen molar-refractivity contribution in [2.24, 2.45) is 12.5 Å². The molecule has 0 spiro atoms. The van der Waals surface area contributed by atoms with Crippen LogP contribution in [0.15, 0.2) is 0 Å². The standard InChI is InChI=1S/C14H22N4OS/c1-4-10-11-12(17(3)16-10)18(13(20)15-11)9-14(2)5-7-19-8-6-14/h4-9H2,1-3H3,(H,15,20). The summed E-state index contributed by atoms with van der Waals surface area (Å²) >= 11 is 5.53. The highest BCUT2D eigenvalue weighted by Gasteiger charge is 2.29. The molecule has 1 N–H and O–H groups in total. The normalized spacial score (nSPS) is 18.8. The van der Waals surface area contributed by atoms with E-state index in [0.29, 0.717) is 0 Å². The first-order chi connectivity index (χ1) is 9.54. The van der Waals surface area contributed by atoms with Crippen LogP contribution in [-0.2, 0) is 24.8 Å². The number of imidazole rings is 1. The summed E-state index contributed by atoms with van der Waals surface area (Å²) in [7, 11) is 1.99. The minimum atomic E-state index is 0.252. The maximum absolute atomic E-state index is 5.53. The van der Waals surface area contributed by atoms with Crippen molar-refractivity contribution in [1.82, 2.24) is 19.3 Å². The molecule has 0 unspecified atom stereocenters. The second kappa shape index (κ2) is 5.00. The molecule has 1 fully saturated rings. The molecule has 0 aromatic carbocycles. The van der Waals surface area contributed by atoms with Crippen LogP contribution in [0.1, 0.15) is 32.4 Å².